The third kappa shape index (κ3) is 2.13. The van der Waals surface area contributed by atoms with Crippen molar-refractivity contribution in [2.24, 2.45) is 5.73 Å². The fourth-order valence-electron chi connectivity index (χ4n) is 2.06. The van der Waals surface area contributed by atoms with Crippen LogP contribution >= 0.6 is 23.2 Å². The van der Waals surface area contributed by atoms with Crippen LogP contribution in [0.3, 0.4) is 0 Å². The Morgan fingerprint density at radius 3 is 2.80 bits per heavy atom. The molecule has 0 saturated carbocycles. The minimum absolute atomic E-state index is 0.376. The number of aliphatic hydroxyl groups excluding tert-OH is 1. The van der Waals surface area contributed by atoms with Gasteiger partial charge in [-0.15, -0.1) is 0 Å². The summed E-state index contributed by atoms with van der Waals surface area (Å²) in [7, 11) is 0. The fourth-order valence-corrected chi connectivity index (χ4v) is 2.66. The van der Waals surface area contributed by atoms with Gasteiger partial charge in [0.2, 0.25) is 0 Å². The zero-order valence-corrected chi connectivity index (χ0v) is 9.72. The highest BCUT2D eigenvalue weighted by Gasteiger charge is 2.24. The van der Waals surface area contributed by atoms with Gasteiger partial charge < -0.3 is 10.8 Å². The zero-order valence-electron chi connectivity index (χ0n) is 8.21. The first kappa shape index (κ1) is 11.2. The van der Waals surface area contributed by atoms with E-state index in [1.165, 1.54) is 0 Å². The first-order valence-corrected chi connectivity index (χ1v) is 5.76. The van der Waals surface area contributed by atoms with Crippen LogP contribution in [-0.4, -0.2) is 11.2 Å². The smallest absolute Gasteiger partial charge is 0.0733 e. The molecular formula is C11H13Cl2NO. The quantitative estimate of drug-likeness (QED) is 0.691. The SMILES string of the molecule is NC1c2cc(Cl)cc(Cl)c2CCCC1O. The Morgan fingerprint density at radius 1 is 1.33 bits per heavy atom. The van der Waals surface area contributed by atoms with Crippen molar-refractivity contribution in [3.63, 3.8) is 0 Å². The molecule has 0 amide bonds. The van der Waals surface area contributed by atoms with Gasteiger partial charge in [-0.3, -0.25) is 0 Å². The van der Waals surface area contributed by atoms with Gasteiger partial charge in [0.25, 0.3) is 0 Å². The van der Waals surface area contributed by atoms with Gasteiger partial charge in [-0.1, -0.05) is 23.2 Å². The average Bonchev–Trinajstić information content (AvgIpc) is 2.30. The third-order valence-corrected chi connectivity index (χ3v) is 3.45. The maximum absolute atomic E-state index is 9.78. The van der Waals surface area contributed by atoms with E-state index in [-0.39, 0.29) is 6.04 Å². The number of halogens is 2. The molecule has 2 atom stereocenters. The van der Waals surface area contributed by atoms with E-state index in [9.17, 15) is 5.11 Å². The number of fused-ring (bicyclic) bond motifs is 1. The molecule has 0 fully saturated rings. The normalized spacial score (nSPS) is 25.9. The summed E-state index contributed by atoms with van der Waals surface area (Å²) in [5, 5.41) is 11.0. The van der Waals surface area contributed by atoms with Crippen molar-refractivity contribution in [1.82, 2.24) is 0 Å². The second kappa shape index (κ2) is 4.30. The predicted molar refractivity (Wildman–Crippen MR) is 62.3 cm³/mol. The lowest BCUT2D eigenvalue weighted by Gasteiger charge is -2.18. The van der Waals surface area contributed by atoms with Crippen LogP contribution in [0.5, 0.6) is 0 Å². The highest BCUT2D eigenvalue weighted by atomic mass is 35.5. The summed E-state index contributed by atoms with van der Waals surface area (Å²) in [5.41, 5.74) is 7.88. The molecule has 2 nitrogen and oxygen atoms in total. The second-order valence-corrected chi connectivity index (χ2v) is 4.78. The maximum atomic E-state index is 9.78. The molecule has 0 radical (unpaired) electrons. The first-order chi connectivity index (χ1) is 7.09. The van der Waals surface area contributed by atoms with E-state index in [0.717, 1.165) is 24.0 Å². The van der Waals surface area contributed by atoms with Gasteiger partial charge >= 0.3 is 0 Å². The Bertz CT molecular complexity index is 381. The average molecular weight is 246 g/mol. The van der Waals surface area contributed by atoms with E-state index >= 15 is 0 Å². The van der Waals surface area contributed by atoms with Crippen LogP contribution < -0.4 is 5.73 Å². The monoisotopic (exact) mass is 245 g/mol. The van der Waals surface area contributed by atoms with Crippen LogP contribution in [0, 0.1) is 0 Å². The predicted octanol–water partition coefficient (Wildman–Crippen LogP) is 2.69. The molecule has 1 aromatic rings. The molecule has 3 N–H and O–H groups in total. The first-order valence-electron chi connectivity index (χ1n) is 5.01. The lowest BCUT2D eigenvalue weighted by Crippen LogP contribution is -2.25. The molecule has 4 heteroatoms. The highest BCUT2D eigenvalue weighted by Crippen LogP contribution is 2.34. The molecule has 0 heterocycles. The number of rotatable bonds is 0. The third-order valence-electron chi connectivity index (χ3n) is 2.90. The van der Waals surface area contributed by atoms with Gasteiger partial charge in [-0.05, 0) is 42.5 Å². The van der Waals surface area contributed by atoms with E-state index in [1.54, 1.807) is 6.07 Å². The Balaban J connectivity index is 2.53. The molecule has 1 aromatic carbocycles. The molecule has 0 aliphatic heterocycles. The van der Waals surface area contributed by atoms with Crippen LogP contribution in [-0.2, 0) is 6.42 Å². The van der Waals surface area contributed by atoms with Crippen LogP contribution in [0.1, 0.15) is 30.0 Å². The van der Waals surface area contributed by atoms with Gasteiger partial charge in [0, 0.05) is 10.0 Å². The van der Waals surface area contributed by atoms with Crippen LogP contribution in [0.25, 0.3) is 0 Å². The molecule has 2 unspecified atom stereocenters. The molecule has 82 valence electrons. The summed E-state index contributed by atoms with van der Waals surface area (Å²) in [5.74, 6) is 0. The Labute approximate surface area is 99.0 Å². The number of hydrogen-bond acceptors (Lipinski definition) is 2. The van der Waals surface area contributed by atoms with Crippen LogP contribution in [0.15, 0.2) is 12.1 Å². The van der Waals surface area contributed by atoms with Gasteiger partial charge in [-0.2, -0.15) is 0 Å². The standard InChI is InChI=1S/C11H13Cl2NO/c12-6-4-8-7(9(13)5-6)2-1-3-10(15)11(8)14/h4-5,10-11,15H,1-3,14H2. The largest absolute Gasteiger partial charge is 0.391 e. The summed E-state index contributed by atoms with van der Waals surface area (Å²) >= 11 is 12.0. The molecule has 15 heavy (non-hydrogen) atoms. The number of aliphatic hydroxyl groups is 1. The van der Waals surface area contributed by atoms with Crippen molar-refractivity contribution in [3.05, 3.63) is 33.3 Å². The summed E-state index contributed by atoms with van der Waals surface area (Å²) in [4.78, 5) is 0. The molecule has 0 saturated heterocycles. The maximum Gasteiger partial charge on any atom is 0.0733 e. The Kier molecular flexibility index (Phi) is 3.21. The zero-order chi connectivity index (χ0) is 11.0. The summed E-state index contributed by atoms with van der Waals surface area (Å²) < 4.78 is 0. The summed E-state index contributed by atoms with van der Waals surface area (Å²) in [6.07, 6.45) is 1.98. The molecular weight excluding hydrogens is 233 g/mol. The molecule has 1 aliphatic rings. The van der Waals surface area contributed by atoms with E-state index in [4.69, 9.17) is 28.9 Å². The Hall–Kier alpha value is -0.280. The fraction of sp³-hybridized carbons (Fsp3) is 0.455. The molecule has 0 bridgehead atoms. The van der Waals surface area contributed by atoms with Crippen molar-refractivity contribution >= 4 is 23.2 Å². The highest BCUT2D eigenvalue weighted by molar-refractivity contribution is 6.35. The number of nitrogens with two attached hydrogens (primary N) is 1. The van der Waals surface area contributed by atoms with Crippen LogP contribution in [0.2, 0.25) is 10.0 Å². The van der Waals surface area contributed by atoms with Gasteiger partial charge in [0.1, 0.15) is 0 Å². The van der Waals surface area contributed by atoms with E-state index in [1.807, 2.05) is 6.07 Å². The minimum Gasteiger partial charge on any atom is -0.391 e. The lowest BCUT2D eigenvalue weighted by molar-refractivity contribution is 0.136. The van der Waals surface area contributed by atoms with Gasteiger partial charge in [-0.25, -0.2) is 0 Å². The van der Waals surface area contributed by atoms with Crippen LogP contribution in [0.4, 0.5) is 0 Å². The van der Waals surface area contributed by atoms with Crippen molar-refractivity contribution in [3.8, 4) is 0 Å². The molecule has 0 spiro atoms. The number of hydrogen-bond donors (Lipinski definition) is 2. The van der Waals surface area contributed by atoms with Crippen molar-refractivity contribution in [1.29, 1.82) is 0 Å². The molecule has 1 aliphatic carbocycles. The summed E-state index contributed by atoms with van der Waals surface area (Å²) in [6, 6.07) is 3.16. The number of benzene rings is 1. The molecule has 0 aromatic heterocycles. The van der Waals surface area contributed by atoms with E-state index < -0.39 is 6.10 Å². The van der Waals surface area contributed by atoms with Crippen molar-refractivity contribution in [2.75, 3.05) is 0 Å². The minimum atomic E-state index is -0.499. The van der Waals surface area contributed by atoms with E-state index in [0.29, 0.717) is 16.5 Å². The van der Waals surface area contributed by atoms with Gasteiger partial charge in [0.05, 0.1) is 12.1 Å². The Morgan fingerprint density at radius 2 is 2.07 bits per heavy atom. The van der Waals surface area contributed by atoms with E-state index in [2.05, 4.69) is 0 Å². The second-order valence-electron chi connectivity index (χ2n) is 3.94. The topological polar surface area (TPSA) is 46.2 Å². The lowest BCUT2D eigenvalue weighted by atomic mass is 9.98. The van der Waals surface area contributed by atoms with Crippen molar-refractivity contribution < 1.29 is 5.11 Å². The molecule has 2 rings (SSSR count). The van der Waals surface area contributed by atoms with Crippen molar-refractivity contribution in [2.45, 2.75) is 31.4 Å². The summed E-state index contributed by atoms with van der Waals surface area (Å²) in [6.45, 7) is 0. The van der Waals surface area contributed by atoms with Gasteiger partial charge in [0.15, 0.2) is 0 Å².